The Kier molecular flexibility index (Phi) is 2.60. The van der Waals surface area contributed by atoms with E-state index in [9.17, 15) is 4.79 Å². The molecule has 1 aromatic rings. The van der Waals surface area contributed by atoms with E-state index in [2.05, 4.69) is 30.6 Å². The molecule has 0 spiro atoms. The molecule has 0 atom stereocenters. The molecular weight excluding hydrogens is 262 g/mol. The van der Waals surface area contributed by atoms with Crippen molar-refractivity contribution < 1.29 is 9.53 Å². The van der Waals surface area contributed by atoms with Crippen molar-refractivity contribution in [3.63, 3.8) is 0 Å². The maximum Gasteiger partial charge on any atom is 0.376 e. The lowest BCUT2D eigenvalue weighted by atomic mass is 10.2. The molecule has 1 heterocycles. The number of aromatic nitrogens is 2. The molecule has 0 saturated heterocycles. The monoisotopic (exact) mass is 271 g/mol. The van der Waals surface area contributed by atoms with Crippen LogP contribution in [0.3, 0.4) is 0 Å². The number of carbonyl (C=O) groups excluding carboxylic acids is 1. The van der Waals surface area contributed by atoms with E-state index >= 15 is 0 Å². The van der Waals surface area contributed by atoms with Gasteiger partial charge < -0.3 is 10.5 Å². The van der Waals surface area contributed by atoms with Crippen LogP contribution >= 0.6 is 15.9 Å². The van der Waals surface area contributed by atoms with E-state index in [0.29, 0.717) is 10.4 Å². The Hall–Kier alpha value is -1.17. The van der Waals surface area contributed by atoms with Gasteiger partial charge in [0.2, 0.25) is 5.82 Å². The van der Waals surface area contributed by atoms with Gasteiger partial charge in [0.05, 0.1) is 17.3 Å². The normalized spacial score (nSPS) is 15.1. The van der Waals surface area contributed by atoms with Gasteiger partial charge in [0, 0.05) is 5.92 Å². The molecule has 1 aromatic heterocycles. The molecule has 0 radical (unpaired) electrons. The molecule has 1 fully saturated rings. The van der Waals surface area contributed by atoms with E-state index in [1.54, 1.807) is 0 Å². The number of hydrogen-bond donors (Lipinski definition) is 1. The molecule has 15 heavy (non-hydrogen) atoms. The fourth-order valence-electron chi connectivity index (χ4n) is 1.29. The number of rotatable bonds is 2. The maximum atomic E-state index is 11.3. The molecule has 0 bridgehead atoms. The van der Waals surface area contributed by atoms with Crippen molar-refractivity contribution in [2.75, 3.05) is 12.8 Å². The molecule has 0 aromatic carbocycles. The van der Waals surface area contributed by atoms with Gasteiger partial charge in [-0.3, -0.25) is 0 Å². The molecule has 0 aliphatic heterocycles. The summed E-state index contributed by atoms with van der Waals surface area (Å²) >= 11 is 3.32. The van der Waals surface area contributed by atoms with Gasteiger partial charge in [-0.25, -0.2) is 14.8 Å². The van der Waals surface area contributed by atoms with Crippen LogP contribution in [0.1, 0.15) is 35.1 Å². The van der Waals surface area contributed by atoms with Gasteiger partial charge in [-0.15, -0.1) is 0 Å². The first-order chi connectivity index (χ1) is 7.13. The third-order valence-corrected chi connectivity index (χ3v) is 3.05. The van der Waals surface area contributed by atoms with Gasteiger partial charge >= 0.3 is 5.97 Å². The van der Waals surface area contributed by atoms with Gasteiger partial charge in [0.1, 0.15) is 5.82 Å². The molecule has 5 nitrogen and oxygen atoms in total. The molecule has 1 aliphatic carbocycles. The fraction of sp³-hybridized carbons (Fsp3) is 0.444. The van der Waals surface area contributed by atoms with Crippen LogP contribution < -0.4 is 5.73 Å². The topological polar surface area (TPSA) is 78.1 Å². The number of halogens is 1. The van der Waals surface area contributed by atoms with Crippen molar-refractivity contribution in [3.8, 4) is 0 Å². The number of methoxy groups -OCH3 is 1. The molecule has 0 amide bonds. The Morgan fingerprint density at radius 2 is 2.20 bits per heavy atom. The van der Waals surface area contributed by atoms with Crippen LogP contribution in [-0.2, 0) is 4.74 Å². The molecular formula is C9H10BrN3O2. The molecule has 2 rings (SSSR count). The Labute approximate surface area is 95.2 Å². The van der Waals surface area contributed by atoms with Gasteiger partial charge in [-0.1, -0.05) is 0 Å². The zero-order chi connectivity index (χ0) is 11.0. The number of esters is 1. The second-order valence-electron chi connectivity index (χ2n) is 3.40. The van der Waals surface area contributed by atoms with Crippen molar-refractivity contribution in [3.05, 3.63) is 16.0 Å². The first kappa shape index (κ1) is 10.4. The van der Waals surface area contributed by atoms with Crippen molar-refractivity contribution in [1.82, 2.24) is 9.97 Å². The number of hydrogen-bond acceptors (Lipinski definition) is 5. The second-order valence-corrected chi connectivity index (χ2v) is 4.19. The molecule has 2 N–H and O–H groups in total. The van der Waals surface area contributed by atoms with Crippen molar-refractivity contribution in [2.24, 2.45) is 0 Å². The van der Waals surface area contributed by atoms with Crippen LogP contribution in [0.4, 0.5) is 5.82 Å². The van der Waals surface area contributed by atoms with E-state index in [4.69, 9.17) is 5.73 Å². The average molecular weight is 272 g/mol. The minimum absolute atomic E-state index is 0.0279. The summed E-state index contributed by atoms with van der Waals surface area (Å²) in [5, 5.41) is 0. The molecule has 0 unspecified atom stereocenters. The van der Waals surface area contributed by atoms with Gasteiger partial charge in [-0.05, 0) is 28.8 Å². The summed E-state index contributed by atoms with van der Waals surface area (Å²) in [4.78, 5) is 19.3. The van der Waals surface area contributed by atoms with Crippen molar-refractivity contribution in [2.45, 2.75) is 18.8 Å². The minimum Gasteiger partial charge on any atom is -0.463 e. The van der Waals surface area contributed by atoms with Gasteiger partial charge in [-0.2, -0.15) is 0 Å². The maximum absolute atomic E-state index is 11.3. The number of nitrogens with zero attached hydrogens (tertiary/aromatic N) is 2. The number of nitrogens with two attached hydrogens (primary N) is 1. The standard InChI is InChI=1S/C9H10BrN3O2/c1-15-9(14)8-12-6(4-2-3-4)5(10)7(11)13-8/h4H,2-3H2,1H3,(H2,11,12,13). The highest BCUT2D eigenvalue weighted by molar-refractivity contribution is 9.10. The lowest BCUT2D eigenvalue weighted by molar-refractivity contribution is 0.0586. The van der Waals surface area contributed by atoms with Crippen LogP contribution in [0.15, 0.2) is 4.47 Å². The fourth-order valence-corrected chi connectivity index (χ4v) is 1.79. The van der Waals surface area contributed by atoms with Crippen molar-refractivity contribution >= 4 is 27.7 Å². The second kappa shape index (κ2) is 3.77. The summed E-state index contributed by atoms with van der Waals surface area (Å²) in [6.07, 6.45) is 2.16. The number of carbonyl (C=O) groups is 1. The third-order valence-electron chi connectivity index (χ3n) is 2.23. The predicted octanol–water partition coefficient (Wildman–Crippen LogP) is 1.49. The number of anilines is 1. The largest absolute Gasteiger partial charge is 0.463 e. The summed E-state index contributed by atoms with van der Waals surface area (Å²) in [5.41, 5.74) is 6.48. The lowest BCUT2D eigenvalue weighted by Gasteiger charge is -2.06. The molecule has 80 valence electrons. The predicted molar refractivity (Wildman–Crippen MR) is 57.5 cm³/mol. The summed E-state index contributed by atoms with van der Waals surface area (Å²) < 4.78 is 5.24. The summed E-state index contributed by atoms with van der Waals surface area (Å²) in [6.45, 7) is 0. The lowest BCUT2D eigenvalue weighted by Crippen LogP contribution is -2.11. The third kappa shape index (κ3) is 1.94. The van der Waals surface area contributed by atoms with Crippen LogP contribution in [0.25, 0.3) is 0 Å². The van der Waals surface area contributed by atoms with Crippen LogP contribution in [0.5, 0.6) is 0 Å². The number of ether oxygens (including phenoxy) is 1. The van der Waals surface area contributed by atoms with E-state index in [1.807, 2.05) is 0 Å². The minimum atomic E-state index is -0.559. The van der Waals surface area contributed by atoms with Crippen LogP contribution in [0.2, 0.25) is 0 Å². The zero-order valence-corrected chi connectivity index (χ0v) is 9.74. The first-order valence-corrected chi connectivity index (χ1v) is 5.34. The SMILES string of the molecule is COC(=O)c1nc(N)c(Br)c(C2CC2)n1. The van der Waals surface area contributed by atoms with E-state index in [-0.39, 0.29) is 11.6 Å². The highest BCUT2D eigenvalue weighted by Gasteiger charge is 2.30. The highest BCUT2D eigenvalue weighted by atomic mass is 79.9. The molecule has 1 saturated carbocycles. The Balaban J connectivity index is 2.45. The van der Waals surface area contributed by atoms with E-state index in [0.717, 1.165) is 18.5 Å². The van der Waals surface area contributed by atoms with Gasteiger partial charge in [0.15, 0.2) is 0 Å². The van der Waals surface area contributed by atoms with E-state index in [1.165, 1.54) is 7.11 Å². The Morgan fingerprint density at radius 1 is 1.53 bits per heavy atom. The Morgan fingerprint density at radius 3 is 2.73 bits per heavy atom. The summed E-state index contributed by atoms with van der Waals surface area (Å²) in [5.74, 6) is 0.150. The quantitative estimate of drug-likeness (QED) is 0.825. The first-order valence-electron chi connectivity index (χ1n) is 4.54. The van der Waals surface area contributed by atoms with Crippen LogP contribution in [-0.4, -0.2) is 23.0 Å². The molecule has 1 aliphatic rings. The van der Waals surface area contributed by atoms with Gasteiger partial charge in [0.25, 0.3) is 0 Å². The number of nitrogen functional groups attached to an aromatic ring is 1. The van der Waals surface area contributed by atoms with Crippen molar-refractivity contribution in [1.29, 1.82) is 0 Å². The average Bonchev–Trinajstić information content (AvgIpc) is 3.04. The summed E-state index contributed by atoms with van der Waals surface area (Å²) in [6, 6.07) is 0. The Bertz CT molecular complexity index is 418. The van der Waals surface area contributed by atoms with E-state index < -0.39 is 5.97 Å². The molecule has 6 heteroatoms. The highest BCUT2D eigenvalue weighted by Crippen LogP contribution is 2.43. The smallest absolute Gasteiger partial charge is 0.376 e. The van der Waals surface area contributed by atoms with Crippen LogP contribution in [0, 0.1) is 0 Å². The summed E-state index contributed by atoms with van der Waals surface area (Å²) in [7, 11) is 1.29. The zero-order valence-electron chi connectivity index (χ0n) is 8.16.